The fourth-order valence-corrected chi connectivity index (χ4v) is 3.10. The molecular formula is C15H18BrNO3. The normalized spacial score (nSPS) is 17.1. The van der Waals surface area contributed by atoms with Crippen LogP contribution in [0, 0.1) is 13.8 Å². The average molecular weight is 340 g/mol. The molecule has 0 aromatic heterocycles. The highest BCUT2D eigenvalue weighted by Gasteiger charge is 2.34. The van der Waals surface area contributed by atoms with Crippen LogP contribution < -0.4 is 4.90 Å². The highest BCUT2D eigenvalue weighted by molar-refractivity contribution is 9.10. The molecule has 1 heterocycles. The SMILES string of the molecule is CC(=O)OCC1Cc2c(cc(C)c(Br)c2C)N1C(C)=O. The van der Waals surface area contributed by atoms with Crippen LogP contribution in [0.15, 0.2) is 10.5 Å². The van der Waals surface area contributed by atoms with E-state index in [9.17, 15) is 9.59 Å². The molecule has 0 fully saturated rings. The quantitative estimate of drug-likeness (QED) is 0.778. The van der Waals surface area contributed by atoms with Crippen molar-refractivity contribution < 1.29 is 14.3 Å². The van der Waals surface area contributed by atoms with Crippen LogP contribution in [0.4, 0.5) is 5.69 Å². The van der Waals surface area contributed by atoms with Crippen molar-refractivity contribution in [2.75, 3.05) is 11.5 Å². The molecule has 1 aliphatic heterocycles. The molecule has 0 saturated heterocycles. The van der Waals surface area contributed by atoms with Gasteiger partial charge in [-0.2, -0.15) is 0 Å². The third-order valence-corrected chi connectivity index (χ3v) is 4.89. The number of benzene rings is 1. The van der Waals surface area contributed by atoms with E-state index >= 15 is 0 Å². The summed E-state index contributed by atoms with van der Waals surface area (Å²) < 4.78 is 6.17. The van der Waals surface area contributed by atoms with Gasteiger partial charge in [0.05, 0.1) is 6.04 Å². The first kappa shape index (κ1) is 15.0. The van der Waals surface area contributed by atoms with Crippen LogP contribution >= 0.6 is 15.9 Å². The Labute approximate surface area is 127 Å². The minimum atomic E-state index is -0.321. The summed E-state index contributed by atoms with van der Waals surface area (Å²) >= 11 is 3.58. The van der Waals surface area contributed by atoms with Crippen LogP contribution in [-0.2, 0) is 20.7 Å². The smallest absolute Gasteiger partial charge is 0.302 e. The molecule has 0 bridgehead atoms. The van der Waals surface area contributed by atoms with Crippen LogP contribution in [0.5, 0.6) is 0 Å². The molecule has 0 spiro atoms. The van der Waals surface area contributed by atoms with Gasteiger partial charge in [0.25, 0.3) is 0 Å². The van der Waals surface area contributed by atoms with Gasteiger partial charge in [-0.15, -0.1) is 0 Å². The summed E-state index contributed by atoms with van der Waals surface area (Å²) in [6.45, 7) is 7.21. The Bertz CT molecular complexity index is 583. The lowest BCUT2D eigenvalue weighted by atomic mass is 10.0. The van der Waals surface area contributed by atoms with Crippen molar-refractivity contribution >= 4 is 33.5 Å². The molecule has 0 N–H and O–H groups in total. The third kappa shape index (κ3) is 2.59. The molecule has 0 saturated carbocycles. The topological polar surface area (TPSA) is 46.6 Å². The lowest BCUT2D eigenvalue weighted by Gasteiger charge is -2.24. The van der Waals surface area contributed by atoms with Crippen LogP contribution in [0.1, 0.15) is 30.5 Å². The first-order valence-corrected chi connectivity index (χ1v) is 7.34. The molecule has 2 rings (SSSR count). The number of carbonyl (C=O) groups is 2. The molecule has 5 heteroatoms. The lowest BCUT2D eigenvalue weighted by Crippen LogP contribution is -2.39. The summed E-state index contributed by atoms with van der Waals surface area (Å²) in [5, 5.41) is 0. The average Bonchev–Trinajstić information content (AvgIpc) is 2.72. The maximum Gasteiger partial charge on any atom is 0.302 e. The summed E-state index contributed by atoms with van der Waals surface area (Å²) in [5.74, 6) is -0.347. The predicted octanol–water partition coefficient (Wildman–Crippen LogP) is 2.91. The maximum absolute atomic E-state index is 11.9. The summed E-state index contributed by atoms with van der Waals surface area (Å²) in [4.78, 5) is 24.7. The number of hydrogen-bond donors (Lipinski definition) is 0. The van der Waals surface area contributed by atoms with E-state index in [1.165, 1.54) is 6.92 Å². The van der Waals surface area contributed by atoms with Crippen molar-refractivity contribution in [3.8, 4) is 0 Å². The van der Waals surface area contributed by atoms with Crippen molar-refractivity contribution in [1.82, 2.24) is 0 Å². The van der Waals surface area contributed by atoms with Gasteiger partial charge >= 0.3 is 5.97 Å². The summed E-state index contributed by atoms with van der Waals surface area (Å²) in [5.41, 5.74) is 4.33. The number of carbonyl (C=O) groups excluding carboxylic acids is 2. The Morgan fingerprint density at radius 2 is 2.05 bits per heavy atom. The van der Waals surface area contributed by atoms with Crippen LogP contribution in [0.2, 0.25) is 0 Å². The van der Waals surface area contributed by atoms with Gasteiger partial charge in [0.2, 0.25) is 5.91 Å². The monoisotopic (exact) mass is 339 g/mol. The lowest BCUT2D eigenvalue weighted by molar-refractivity contribution is -0.141. The number of nitrogens with zero attached hydrogens (tertiary/aromatic N) is 1. The zero-order valence-electron chi connectivity index (χ0n) is 12.1. The number of amides is 1. The Morgan fingerprint density at radius 3 is 2.60 bits per heavy atom. The molecule has 0 radical (unpaired) electrons. The Hall–Kier alpha value is -1.36. The highest BCUT2D eigenvalue weighted by atomic mass is 79.9. The predicted molar refractivity (Wildman–Crippen MR) is 80.9 cm³/mol. The van der Waals surface area contributed by atoms with E-state index in [-0.39, 0.29) is 24.5 Å². The van der Waals surface area contributed by atoms with Gasteiger partial charge < -0.3 is 9.64 Å². The second-order valence-corrected chi connectivity index (χ2v) is 5.97. The summed E-state index contributed by atoms with van der Waals surface area (Å²) in [7, 11) is 0. The molecule has 0 aliphatic carbocycles. The van der Waals surface area contributed by atoms with Crippen LogP contribution in [0.25, 0.3) is 0 Å². The van der Waals surface area contributed by atoms with Gasteiger partial charge in [-0.1, -0.05) is 15.9 Å². The number of halogens is 1. The Morgan fingerprint density at radius 1 is 1.40 bits per heavy atom. The molecule has 1 aromatic carbocycles. The van der Waals surface area contributed by atoms with Crippen LogP contribution in [0.3, 0.4) is 0 Å². The molecular weight excluding hydrogens is 322 g/mol. The number of aryl methyl sites for hydroxylation is 1. The first-order chi connectivity index (χ1) is 9.32. The van der Waals surface area contributed by atoms with E-state index < -0.39 is 0 Å². The van der Waals surface area contributed by atoms with Crippen molar-refractivity contribution in [2.45, 2.75) is 40.2 Å². The van der Waals surface area contributed by atoms with Gasteiger partial charge in [0.15, 0.2) is 0 Å². The van der Waals surface area contributed by atoms with Crippen molar-refractivity contribution in [3.05, 3.63) is 27.2 Å². The number of anilines is 1. The number of ether oxygens (including phenoxy) is 1. The summed E-state index contributed by atoms with van der Waals surface area (Å²) in [6.07, 6.45) is 0.715. The minimum absolute atomic E-state index is 0.0259. The first-order valence-electron chi connectivity index (χ1n) is 6.54. The van der Waals surface area contributed by atoms with E-state index in [4.69, 9.17) is 4.74 Å². The van der Waals surface area contributed by atoms with Gasteiger partial charge in [-0.25, -0.2) is 0 Å². The molecule has 1 aromatic rings. The largest absolute Gasteiger partial charge is 0.464 e. The second-order valence-electron chi connectivity index (χ2n) is 5.18. The van der Waals surface area contributed by atoms with Gasteiger partial charge in [0, 0.05) is 24.0 Å². The maximum atomic E-state index is 11.9. The number of esters is 1. The molecule has 1 atom stereocenters. The molecule has 4 nitrogen and oxygen atoms in total. The number of hydrogen-bond acceptors (Lipinski definition) is 3. The van der Waals surface area contributed by atoms with Gasteiger partial charge in [-0.3, -0.25) is 9.59 Å². The fourth-order valence-electron chi connectivity index (χ4n) is 2.75. The Balaban J connectivity index is 2.41. The zero-order valence-corrected chi connectivity index (χ0v) is 13.7. The molecule has 108 valence electrons. The van der Waals surface area contributed by atoms with E-state index in [1.807, 2.05) is 19.9 Å². The zero-order chi connectivity index (χ0) is 15.0. The summed E-state index contributed by atoms with van der Waals surface area (Å²) in [6, 6.07) is 1.90. The second kappa shape index (κ2) is 5.56. The molecule has 1 aliphatic rings. The number of fused-ring (bicyclic) bond motifs is 1. The van der Waals surface area contributed by atoms with Gasteiger partial charge in [-0.05, 0) is 43.0 Å². The minimum Gasteiger partial charge on any atom is -0.464 e. The van der Waals surface area contributed by atoms with Gasteiger partial charge in [0.1, 0.15) is 6.61 Å². The van der Waals surface area contributed by atoms with E-state index in [0.29, 0.717) is 6.42 Å². The standard InChI is InChI=1S/C15H18BrNO3/c1-8-5-14-13(9(2)15(8)16)6-12(7-20-11(4)19)17(14)10(3)18/h5,12H,6-7H2,1-4H3. The van der Waals surface area contributed by atoms with E-state index in [1.54, 1.807) is 11.8 Å². The van der Waals surface area contributed by atoms with Crippen molar-refractivity contribution in [1.29, 1.82) is 0 Å². The van der Waals surface area contributed by atoms with Crippen LogP contribution in [-0.4, -0.2) is 24.5 Å². The number of rotatable bonds is 2. The third-order valence-electron chi connectivity index (χ3n) is 3.67. The highest BCUT2D eigenvalue weighted by Crippen LogP contribution is 2.39. The van der Waals surface area contributed by atoms with E-state index in [2.05, 4.69) is 15.9 Å². The molecule has 1 unspecified atom stereocenters. The van der Waals surface area contributed by atoms with Crippen molar-refractivity contribution in [2.24, 2.45) is 0 Å². The van der Waals surface area contributed by atoms with E-state index in [0.717, 1.165) is 26.9 Å². The molecule has 1 amide bonds. The Kier molecular flexibility index (Phi) is 4.18. The van der Waals surface area contributed by atoms with Crippen molar-refractivity contribution in [3.63, 3.8) is 0 Å². The molecule has 20 heavy (non-hydrogen) atoms. The fraction of sp³-hybridized carbons (Fsp3) is 0.467.